The summed E-state index contributed by atoms with van der Waals surface area (Å²) in [5, 5.41) is 9.78. The van der Waals surface area contributed by atoms with Gasteiger partial charge in [-0.2, -0.15) is 5.26 Å². The Morgan fingerprint density at radius 2 is 1.21 bits per heavy atom. The highest BCUT2D eigenvalue weighted by Crippen LogP contribution is 2.46. The highest BCUT2D eigenvalue weighted by molar-refractivity contribution is 5.64. The molecular weight excluding hydrogens is 410 g/mol. The maximum absolute atomic E-state index is 9.78. The van der Waals surface area contributed by atoms with Crippen molar-refractivity contribution >= 4 is 0 Å². The molecule has 0 bridgehead atoms. The van der Waals surface area contributed by atoms with E-state index < -0.39 is 0 Å². The van der Waals surface area contributed by atoms with Crippen molar-refractivity contribution in [2.24, 2.45) is 11.3 Å². The summed E-state index contributed by atoms with van der Waals surface area (Å²) in [5.41, 5.74) is 5.60. The highest BCUT2D eigenvalue weighted by atomic mass is 14.4. The van der Waals surface area contributed by atoms with Gasteiger partial charge in [0.2, 0.25) is 0 Å². The smallest absolute Gasteiger partial charge is 0.0689 e. The lowest BCUT2D eigenvalue weighted by Gasteiger charge is -2.35. The van der Waals surface area contributed by atoms with Gasteiger partial charge in [-0.05, 0) is 97.8 Å². The first-order valence-corrected chi connectivity index (χ1v) is 14.3. The van der Waals surface area contributed by atoms with Gasteiger partial charge < -0.3 is 0 Å². The molecule has 2 aliphatic carbocycles. The maximum atomic E-state index is 9.78. The van der Waals surface area contributed by atoms with E-state index >= 15 is 0 Å². The van der Waals surface area contributed by atoms with Gasteiger partial charge >= 0.3 is 0 Å². The van der Waals surface area contributed by atoms with Gasteiger partial charge in [0, 0.05) is 0 Å². The zero-order valence-electron chi connectivity index (χ0n) is 21.7. The summed E-state index contributed by atoms with van der Waals surface area (Å²) in [6.07, 6.45) is 17.7. The van der Waals surface area contributed by atoms with Crippen LogP contribution < -0.4 is 0 Å². The van der Waals surface area contributed by atoms with Crippen molar-refractivity contribution in [3.05, 3.63) is 59.7 Å². The van der Waals surface area contributed by atoms with Crippen molar-refractivity contribution in [1.29, 1.82) is 5.26 Å². The van der Waals surface area contributed by atoms with Crippen LogP contribution in [0.5, 0.6) is 0 Å². The first-order valence-electron chi connectivity index (χ1n) is 14.3. The highest BCUT2D eigenvalue weighted by Gasteiger charge is 2.35. The minimum atomic E-state index is -0.0526. The van der Waals surface area contributed by atoms with Crippen molar-refractivity contribution in [2.45, 2.75) is 116 Å². The largest absolute Gasteiger partial charge is 0.198 e. The summed E-state index contributed by atoms with van der Waals surface area (Å²) in [5.74, 6) is 2.36. The molecule has 0 atom stereocenters. The molecule has 0 amide bonds. The number of nitriles is 1. The lowest BCUT2D eigenvalue weighted by atomic mass is 9.67. The summed E-state index contributed by atoms with van der Waals surface area (Å²) in [4.78, 5) is 0. The van der Waals surface area contributed by atoms with E-state index in [0.717, 1.165) is 43.9 Å². The van der Waals surface area contributed by atoms with Crippen LogP contribution in [0.25, 0.3) is 11.1 Å². The summed E-state index contributed by atoms with van der Waals surface area (Å²) >= 11 is 0. The van der Waals surface area contributed by atoms with E-state index in [1.165, 1.54) is 74.5 Å². The monoisotopic (exact) mass is 455 g/mol. The molecular formula is C33H45N. The number of benzene rings is 2. The standard InChI is InChI=1S/C33H45N/c1-3-5-7-26-8-10-27(11-9-26)28-12-14-29(15-13-28)30-16-18-31(19-17-30)32-20-23-33(25-34,24-21-32)22-6-4-2/h12-19,26-27,32H,3-11,20-24H2,1-2H3. The van der Waals surface area contributed by atoms with Crippen molar-refractivity contribution in [1.82, 2.24) is 0 Å². The summed E-state index contributed by atoms with van der Waals surface area (Å²) in [7, 11) is 0. The molecule has 1 nitrogen and oxygen atoms in total. The van der Waals surface area contributed by atoms with E-state index in [9.17, 15) is 5.26 Å². The van der Waals surface area contributed by atoms with Gasteiger partial charge in [-0.1, -0.05) is 94.5 Å². The second-order valence-electron chi connectivity index (χ2n) is 11.4. The third-order valence-corrected chi connectivity index (χ3v) is 9.10. The van der Waals surface area contributed by atoms with Crippen molar-refractivity contribution in [3.8, 4) is 17.2 Å². The van der Waals surface area contributed by atoms with Crippen LogP contribution in [0.2, 0.25) is 0 Å². The molecule has 0 radical (unpaired) electrons. The fourth-order valence-electron chi connectivity index (χ4n) is 6.61. The lowest BCUT2D eigenvalue weighted by Crippen LogP contribution is -2.25. The summed E-state index contributed by atoms with van der Waals surface area (Å²) < 4.78 is 0. The molecule has 4 rings (SSSR count). The van der Waals surface area contributed by atoms with Gasteiger partial charge in [0.1, 0.15) is 0 Å². The molecule has 1 heteroatoms. The van der Waals surface area contributed by atoms with Crippen LogP contribution in [-0.4, -0.2) is 0 Å². The normalized spacial score (nSPS) is 27.3. The Bertz CT molecular complexity index is 901. The minimum absolute atomic E-state index is 0.0526. The van der Waals surface area contributed by atoms with Gasteiger partial charge in [-0.25, -0.2) is 0 Å². The van der Waals surface area contributed by atoms with E-state index in [-0.39, 0.29) is 5.41 Å². The molecule has 182 valence electrons. The zero-order chi connectivity index (χ0) is 23.8. The molecule has 0 spiro atoms. The predicted molar refractivity (Wildman–Crippen MR) is 145 cm³/mol. The molecule has 0 saturated heterocycles. The van der Waals surface area contributed by atoms with Gasteiger partial charge in [-0.3, -0.25) is 0 Å². The summed E-state index contributed by atoms with van der Waals surface area (Å²) in [6.45, 7) is 4.54. The van der Waals surface area contributed by atoms with Crippen LogP contribution in [0.4, 0.5) is 0 Å². The first-order chi connectivity index (χ1) is 16.7. The molecule has 34 heavy (non-hydrogen) atoms. The van der Waals surface area contributed by atoms with Crippen LogP contribution in [0.3, 0.4) is 0 Å². The van der Waals surface area contributed by atoms with Crippen molar-refractivity contribution < 1.29 is 0 Å². The average molecular weight is 456 g/mol. The third kappa shape index (κ3) is 6.13. The average Bonchev–Trinajstić information content (AvgIpc) is 2.91. The number of hydrogen-bond donors (Lipinski definition) is 0. The third-order valence-electron chi connectivity index (χ3n) is 9.10. The van der Waals surface area contributed by atoms with Gasteiger partial charge in [0.25, 0.3) is 0 Å². The Kier molecular flexibility index (Phi) is 8.88. The van der Waals surface area contributed by atoms with Gasteiger partial charge in [-0.15, -0.1) is 0 Å². The molecule has 2 fully saturated rings. The minimum Gasteiger partial charge on any atom is -0.198 e. The van der Waals surface area contributed by atoms with Gasteiger partial charge in [0.15, 0.2) is 0 Å². The molecule has 0 unspecified atom stereocenters. The van der Waals surface area contributed by atoms with E-state index in [2.05, 4.69) is 68.4 Å². The fraction of sp³-hybridized carbons (Fsp3) is 0.606. The summed E-state index contributed by atoms with van der Waals surface area (Å²) in [6, 6.07) is 21.5. The van der Waals surface area contributed by atoms with Crippen LogP contribution in [0.15, 0.2) is 48.5 Å². The topological polar surface area (TPSA) is 23.8 Å². The molecule has 2 aromatic rings. The number of rotatable bonds is 9. The molecule has 2 saturated carbocycles. The Morgan fingerprint density at radius 3 is 1.68 bits per heavy atom. The number of nitrogens with zero attached hydrogens (tertiary/aromatic N) is 1. The van der Waals surface area contributed by atoms with E-state index in [1.54, 1.807) is 5.56 Å². The predicted octanol–water partition coefficient (Wildman–Crippen LogP) is 10.2. The van der Waals surface area contributed by atoms with E-state index in [4.69, 9.17) is 0 Å². The second kappa shape index (κ2) is 12.1. The number of hydrogen-bond acceptors (Lipinski definition) is 1. The fourth-order valence-corrected chi connectivity index (χ4v) is 6.61. The van der Waals surface area contributed by atoms with E-state index in [0.29, 0.717) is 5.92 Å². The quantitative estimate of drug-likeness (QED) is 0.369. The Hall–Kier alpha value is -2.07. The molecule has 0 heterocycles. The SMILES string of the molecule is CCCCC1CCC(c2ccc(-c3ccc(C4CCC(C#N)(CCCC)CC4)cc3)cc2)CC1. The molecule has 0 N–H and O–H groups in total. The molecule has 2 aliphatic rings. The molecule has 0 aromatic heterocycles. The van der Waals surface area contributed by atoms with Crippen LogP contribution in [-0.2, 0) is 0 Å². The van der Waals surface area contributed by atoms with Gasteiger partial charge in [0.05, 0.1) is 11.5 Å². The van der Waals surface area contributed by atoms with Crippen LogP contribution in [0, 0.1) is 22.7 Å². The van der Waals surface area contributed by atoms with Crippen LogP contribution in [0.1, 0.15) is 127 Å². The molecule has 0 aliphatic heterocycles. The zero-order valence-corrected chi connectivity index (χ0v) is 21.7. The number of unbranched alkanes of at least 4 members (excludes halogenated alkanes) is 2. The maximum Gasteiger partial charge on any atom is 0.0689 e. The Labute approximate surface area is 209 Å². The lowest BCUT2D eigenvalue weighted by molar-refractivity contribution is 0.224. The Morgan fingerprint density at radius 1 is 0.706 bits per heavy atom. The van der Waals surface area contributed by atoms with Crippen molar-refractivity contribution in [3.63, 3.8) is 0 Å². The second-order valence-corrected chi connectivity index (χ2v) is 11.4. The molecule has 2 aromatic carbocycles. The Balaban J connectivity index is 1.32. The first kappa shape index (κ1) is 25.0. The van der Waals surface area contributed by atoms with Crippen molar-refractivity contribution in [2.75, 3.05) is 0 Å². The van der Waals surface area contributed by atoms with Crippen LogP contribution >= 0.6 is 0 Å². The van der Waals surface area contributed by atoms with E-state index in [1.807, 2.05) is 0 Å².